The maximum absolute atomic E-state index is 12.7. The van der Waals surface area contributed by atoms with E-state index in [1.165, 1.54) is 13.0 Å². The Morgan fingerprint density at radius 3 is 2.06 bits per heavy atom. The maximum Gasteiger partial charge on any atom is 0.303 e. The summed E-state index contributed by atoms with van der Waals surface area (Å²) in [5.41, 5.74) is 0.581. The predicted molar refractivity (Wildman–Crippen MR) is 120 cm³/mol. The Labute approximate surface area is 185 Å². The molecule has 7 nitrogen and oxygen atoms in total. The topological polar surface area (TPSA) is 80.3 Å². The lowest BCUT2D eigenvalue weighted by atomic mass is 9.95. The minimum Gasteiger partial charge on any atom is -0.495 e. The van der Waals surface area contributed by atoms with Gasteiger partial charge >= 0.3 is 5.97 Å². The summed E-state index contributed by atoms with van der Waals surface area (Å²) < 4.78 is 28.5. The van der Waals surface area contributed by atoms with Crippen molar-refractivity contribution in [1.82, 2.24) is 0 Å². The summed E-state index contributed by atoms with van der Waals surface area (Å²) in [6.45, 7) is 2.94. The van der Waals surface area contributed by atoms with E-state index < -0.39 is 18.2 Å². The first-order valence-electron chi connectivity index (χ1n) is 10.1. The fourth-order valence-electron chi connectivity index (χ4n) is 4.21. The molecule has 7 heteroatoms. The summed E-state index contributed by atoms with van der Waals surface area (Å²) in [7, 11) is 4.78. The number of hydrogen-bond donors (Lipinski definition) is 0. The second kappa shape index (κ2) is 8.42. The third-order valence-corrected chi connectivity index (χ3v) is 5.51. The molecule has 0 spiro atoms. The molecule has 1 aliphatic rings. The van der Waals surface area contributed by atoms with E-state index >= 15 is 0 Å². The molecule has 0 fully saturated rings. The number of methoxy groups -OCH3 is 3. The van der Waals surface area contributed by atoms with E-state index in [2.05, 4.69) is 0 Å². The SMILES string of the molecule is COc1c2ccccc2c(OC)c2c(OC)c(C3=CC(=O)[C@@H](OC(C)=O)[C@H](C)O3)ccc12. The smallest absolute Gasteiger partial charge is 0.303 e. The number of hydrogen-bond acceptors (Lipinski definition) is 7. The van der Waals surface area contributed by atoms with Gasteiger partial charge in [0.25, 0.3) is 0 Å². The highest BCUT2D eigenvalue weighted by Crippen LogP contribution is 2.48. The molecule has 0 saturated carbocycles. The summed E-state index contributed by atoms with van der Waals surface area (Å²) in [6.07, 6.45) is -0.302. The van der Waals surface area contributed by atoms with Crippen LogP contribution in [-0.4, -0.2) is 45.3 Å². The number of ether oxygens (including phenoxy) is 5. The van der Waals surface area contributed by atoms with Crippen LogP contribution in [0.5, 0.6) is 17.2 Å². The Balaban J connectivity index is 1.98. The zero-order valence-corrected chi connectivity index (χ0v) is 18.6. The van der Waals surface area contributed by atoms with Crippen LogP contribution in [0.15, 0.2) is 42.5 Å². The molecule has 0 saturated heterocycles. The highest BCUT2D eigenvalue weighted by atomic mass is 16.6. The molecule has 0 aliphatic carbocycles. The van der Waals surface area contributed by atoms with Gasteiger partial charge in [-0.2, -0.15) is 0 Å². The number of fused-ring (bicyclic) bond motifs is 2. The summed E-state index contributed by atoms with van der Waals surface area (Å²) in [6, 6.07) is 11.5. The number of rotatable bonds is 5. The van der Waals surface area contributed by atoms with Crippen molar-refractivity contribution in [3.8, 4) is 17.2 Å². The van der Waals surface area contributed by atoms with Crippen LogP contribution in [0.2, 0.25) is 0 Å². The van der Waals surface area contributed by atoms with Crippen molar-refractivity contribution in [1.29, 1.82) is 0 Å². The maximum atomic E-state index is 12.7. The highest BCUT2D eigenvalue weighted by molar-refractivity contribution is 6.14. The zero-order chi connectivity index (χ0) is 23.0. The number of esters is 1. The van der Waals surface area contributed by atoms with E-state index in [0.29, 0.717) is 34.0 Å². The van der Waals surface area contributed by atoms with Crippen LogP contribution in [0.1, 0.15) is 19.4 Å². The van der Waals surface area contributed by atoms with Gasteiger partial charge in [-0.3, -0.25) is 9.59 Å². The van der Waals surface area contributed by atoms with E-state index in [1.54, 1.807) is 28.3 Å². The van der Waals surface area contributed by atoms with Crippen LogP contribution in [-0.2, 0) is 19.1 Å². The Morgan fingerprint density at radius 1 is 0.875 bits per heavy atom. The molecule has 3 aromatic carbocycles. The monoisotopic (exact) mass is 436 g/mol. The average Bonchev–Trinajstić information content (AvgIpc) is 2.78. The number of carbonyl (C=O) groups is 2. The number of benzene rings is 3. The van der Waals surface area contributed by atoms with Gasteiger partial charge in [-0.1, -0.05) is 24.3 Å². The molecule has 32 heavy (non-hydrogen) atoms. The largest absolute Gasteiger partial charge is 0.495 e. The lowest BCUT2D eigenvalue weighted by molar-refractivity contribution is -0.158. The molecule has 1 aliphatic heterocycles. The summed E-state index contributed by atoms with van der Waals surface area (Å²) in [4.78, 5) is 24.0. The van der Waals surface area contributed by atoms with Gasteiger partial charge in [-0.05, 0) is 19.1 Å². The molecular formula is C25H24O7. The van der Waals surface area contributed by atoms with Crippen molar-refractivity contribution in [2.75, 3.05) is 21.3 Å². The Bertz CT molecular complexity index is 1260. The van der Waals surface area contributed by atoms with E-state index in [-0.39, 0.29) is 5.78 Å². The lowest BCUT2D eigenvalue weighted by Crippen LogP contribution is -2.39. The highest BCUT2D eigenvalue weighted by Gasteiger charge is 2.35. The second-order valence-electron chi connectivity index (χ2n) is 7.44. The minimum atomic E-state index is -0.985. The fraction of sp³-hybridized carbons (Fsp3) is 0.280. The van der Waals surface area contributed by atoms with Crippen molar-refractivity contribution in [3.05, 3.63) is 48.0 Å². The molecule has 4 rings (SSSR count). The van der Waals surface area contributed by atoms with Crippen molar-refractivity contribution in [2.24, 2.45) is 0 Å². The molecule has 166 valence electrons. The van der Waals surface area contributed by atoms with Gasteiger partial charge in [0.2, 0.25) is 5.78 Å². The average molecular weight is 436 g/mol. The van der Waals surface area contributed by atoms with Crippen molar-refractivity contribution >= 4 is 39.1 Å². The predicted octanol–water partition coefficient (Wildman–Crippen LogP) is 4.28. The summed E-state index contributed by atoms with van der Waals surface area (Å²) in [5, 5.41) is 3.29. The first-order valence-corrected chi connectivity index (χ1v) is 10.1. The third kappa shape index (κ3) is 3.39. The molecular weight excluding hydrogens is 412 g/mol. The normalized spacial score (nSPS) is 18.2. The van der Waals surface area contributed by atoms with Gasteiger partial charge in [0.1, 0.15) is 29.1 Å². The molecule has 0 unspecified atom stereocenters. The van der Waals surface area contributed by atoms with Crippen LogP contribution >= 0.6 is 0 Å². The molecule has 0 N–H and O–H groups in total. The zero-order valence-electron chi connectivity index (χ0n) is 18.6. The molecule has 3 aromatic rings. The van der Waals surface area contributed by atoms with E-state index in [4.69, 9.17) is 23.7 Å². The lowest BCUT2D eigenvalue weighted by Gasteiger charge is -2.29. The quantitative estimate of drug-likeness (QED) is 0.436. The van der Waals surface area contributed by atoms with Crippen LogP contribution in [0, 0.1) is 0 Å². The molecule has 0 amide bonds. The van der Waals surface area contributed by atoms with E-state index in [9.17, 15) is 9.59 Å². The summed E-state index contributed by atoms with van der Waals surface area (Å²) in [5.74, 6) is 1.25. The molecule has 0 radical (unpaired) electrons. The van der Waals surface area contributed by atoms with Gasteiger partial charge in [0.15, 0.2) is 6.10 Å². The van der Waals surface area contributed by atoms with Crippen molar-refractivity contribution in [2.45, 2.75) is 26.1 Å². The fourth-order valence-corrected chi connectivity index (χ4v) is 4.21. The molecule has 1 heterocycles. The van der Waals surface area contributed by atoms with Crippen molar-refractivity contribution < 1.29 is 33.3 Å². The van der Waals surface area contributed by atoms with E-state index in [1.807, 2.05) is 36.4 Å². The van der Waals surface area contributed by atoms with Crippen LogP contribution < -0.4 is 14.2 Å². The second-order valence-corrected chi connectivity index (χ2v) is 7.44. The molecule has 0 aromatic heterocycles. The van der Waals surface area contributed by atoms with Crippen LogP contribution in [0.25, 0.3) is 27.3 Å². The Kier molecular flexibility index (Phi) is 5.65. The van der Waals surface area contributed by atoms with Gasteiger partial charge in [-0.15, -0.1) is 0 Å². The van der Waals surface area contributed by atoms with E-state index in [0.717, 1.165) is 16.2 Å². The van der Waals surface area contributed by atoms with Gasteiger partial charge in [-0.25, -0.2) is 0 Å². The third-order valence-electron chi connectivity index (χ3n) is 5.51. The Morgan fingerprint density at radius 2 is 1.50 bits per heavy atom. The molecule has 0 bridgehead atoms. The van der Waals surface area contributed by atoms with Crippen LogP contribution in [0.4, 0.5) is 0 Å². The first-order chi connectivity index (χ1) is 15.4. The van der Waals surface area contributed by atoms with Gasteiger partial charge in [0.05, 0.1) is 32.3 Å². The summed E-state index contributed by atoms with van der Waals surface area (Å²) >= 11 is 0. The number of ketones is 1. The number of carbonyl (C=O) groups excluding carboxylic acids is 2. The van der Waals surface area contributed by atoms with Crippen LogP contribution in [0.3, 0.4) is 0 Å². The Hall–Kier alpha value is -3.74. The standard InChI is InChI=1S/C25H24O7/c1-13-22(32-14(2)26)19(27)12-20(31-13)17-10-11-18-21(25(17)30-5)24(29-4)16-9-7-6-8-15(16)23(18)28-3/h6-13,22H,1-5H3/t13-,22-/m0/s1. The first kappa shape index (κ1) is 21.5. The molecule has 2 atom stereocenters. The van der Waals surface area contributed by atoms with Gasteiger partial charge in [0, 0.05) is 29.2 Å². The minimum absolute atomic E-state index is 0.332. The van der Waals surface area contributed by atoms with Crippen molar-refractivity contribution in [3.63, 3.8) is 0 Å². The van der Waals surface area contributed by atoms with Gasteiger partial charge < -0.3 is 23.7 Å².